The molecule has 2 rings (SSSR count). The van der Waals surface area contributed by atoms with Gasteiger partial charge in [0.05, 0.1) is 26.5 Å². The minimum Gasteiger partial charge on any atom is -0.493 e. The maximum absolute atomic E-state index is 8.79. The summed E-state index contributed by atoms with van der Waals surface area (Å²) < 4.78 is 15.7. The number of nitrogens with one attached hydrogen (secondary N) is 1. The second-order valence-electron chi connectivity index (χ2n) is 3.76. The van der Waals surface area contributed by atoms with E-state index in [9.17, 15) is 0 Å². The summed E-state index contributed by atoms with van der Waals surface area (Å²) in [6.07, 6.45) is 3.04. The Balaban J connectivity index is 2.04. The molecule has 0 saturated heterocycles. The number of methoxy groups -OCH3 is 1. The number of hydrogen-bond donors (Lipinski definition) is 2. The number of aliphatic hydroxyl groups is 1. The number of rotatable bonds is 7. The molecule has 0 spiro atoms. The molecule has 0 fully saturated rings. The van der Waals surface area contributed by atoms with Gasteiger partial charge in [0.1, 0.15) is 12.4 Å². The van der Waals surface area contributed by atoms with Crippen LogP contribution < -0.4 is 14.8 Å². The van der Waals surface area contributed by atoms with E-state index in [1.807, 2.05) is 12.1 Å². The third-order valence-corrected chi connectivity index (χ3v) is 2.46. The van der Waals surface area contributed by atoms with Gasteiger partial charge >= 0.3 is 0 Å². The number of anilines is 1. The minimum absolute atomic E-state index is 0.0428. The van der Waals surface area contributed by atoms with Crippen LogP contribution in [-0.4, -0.2) is 30.4 Å². The Bertz CT molecular complexity index is 499. The molecule has 0 unspecified atom stereocenters. The predicted molar refractivity (Wildman–Crippen MR) is 69.4 cm³/mol. The highest BCUT2D eigenvalue weighted by Crippen LogP contribution is 2.30. The molecular weight excluding hydrogens is 248 g/mol. The van der Waals surface area contributed by atoms with E-state index in [0.29, 0.717) is 18.0 Å². The first kappa shape index (κ1) is 13.2. The third kappa shape index (κ3) is 3.62. The Hall–Kier alpha value is -2.21. The molecule has 2 N–H and O–H groups in total. The molecule has 0 aliphatic rings. The summed E-state index contributed by atoms with van der Waals surface area (Å²) in [6.45, 7) is 0.715. The summed E-state index contributed by atoms with van der Waals surface area (Å²) in [5.74, 6) is 1.95. The first-order valence-electron chi connectivity index (χ1n) is 5.86. The average molecular weight is 264 g/mol. The molecular formula is C13H16N2O4. The Morgan fingerprint density at radius 1 is 1.37 bits per heavy atom. The van der Waals surface area contributed by atoms with Crippen LogP contribution in [0.1, 0.15) is 5.76 Å². The van der Waals surface area contributed by atoms with E-state index in [-0.39, 0.29) is 13.2 Å². The first-order chi connectivity index (χ1) is 9.33. The molecule has 0 aliphatic carbocycles. The summed E-state index contributed by atoms with van der Waals surface area (Å²) in [6, 6.07) is 5.49. The van der Waals surface area contributed by atoms with E-state index in [1.165, 1.54) is 6.39 Å². The number of ether oxygens (including phenoxy) is 2. The molecule has 2 aromatic rings. The molecule has 102 valence electrons. The Labute approximate surface area is 111 Å². The Kier molecular flexibility index (Phi) is 4.63. The van der Waals surface area contributed by atoms with Gasteiger partial charge in [-0.2, -0.15) is 0 Å². The number of oxazole rings is 1. The molecule has 1 aromatic heterocycles. The lowest BCUT2D eigenvalue weighted by molar-refractivity contribution is 0.196. The highest BCUT2D eigenvalue weighted by molar-refractivity contribution is 5.54. The summed E-state index contributed by atoms with van der Waals surface area (Å²) in [5, 5.41) is 12.0. The molecule has 1 heterocycles. The molecule has 6 nitrogen and oxygen atoms in total. The fourth-order valence-corrected chi connectivity index (χ4v) is 1.57. The van der Waals surface area contributed by atoms with Crippen LogP contribution in [0.15, 0.2) is 35.2 Å². The minimum atomic E-state index is -0.0428. The molecule has 0 aliphatic heterocycles. The zero-order chi connectivity index (χ0) is 13.5. The molecule has 0 bridgehead atoms. The maximum atomic E-state index is 8.79. The number of benzene rings is 1. The number of hydrogen-bond acceptors (Lipinski definition) is 6. The molecule has 1 aromatic carbocycles. The molecule has 6 heteroatoms. The van der Waals surface area contributed by atoms with Gasteiger partial charge in [0.25, 0.3) is 0 Å². The van der Waals surface area contributed by atoms with Crippen molar-refractivity contribution in [1.29, 1.82) is 0 Å². The van der Waals surface area contributed by atoms with Gasteiger partial charge in [-0.15, -0.1) is 0 Å². The number of aliphatic hydroxyl groups excluding tert-OH is 1. The van der Waals surface area contributed by atoms with Crippen molar-refractivity contribution in [2.75, 3.05) is 25.6 Å². The second-order valence-corrected chi connectivity index (χ2v) is 3.76. The van der Waals surface area contributed by atoms with Gasteiger partial charge in [0.2, 0.25) is 0 Å². The van der Waals surface area contributed by atoms with Crippen molar-refractivity contribution in [2.45, 2.75) is 6.54 Å². The van der Waals surface area contributed by atoms with Crippen molar-refractivity contribution >= 4 is 5.69 Å². The van der Waals surface area contributed by atoms with Crippen LogP contribution in [0.5, 0.6) is 11.5 Å². The van der Waals surface area contributed by atoms with Gasteiger partial charge < -0.3 is 24.3 Å². The largest absolute Gasteiger partial charge is 0.493 e. The van der Waals surface area contributed by atoms with Gasteiger partial charge in [0.15, 0.2) is 17.9 Å². The Morgan fingerprint density at radius 2 is 2.26 bits per heavy atom. The molecule has 19 heavy (non-hydrogen) atoms. The van der Waals surface area contributed by atoms with Crippen LogP contribution in [0.3, 0.4) is 0 Å². The van der Waals surface area contributed by atoms with Gasteiger partial charge in [0, 0.05) is 11.8 Å². The lowest BCUT2D eigenvalue weighted by atomic mass is 10.2. The summed E-state index contributed by atoms with van der Waals surface area (Å²) in [4.78, 5) is 3.84. The zero-order valence-corrected chi connectivity index (χ0v) is 10.6. The molecule has 0 radical (unpaired) electrons. The molecule has 0 atom stereocenters. The van der Waals surface area contributed by atoms with E-state index in [1.54, 1.807) is 19.4 Å². The van der Waals surface area contributed by atoms with Crippen molar-refractivity contribution in [3.8, 4) is 11.5 Å². The third-order valence-electron chi connectivity index (χ3n) is 2.46. The van der Waals surface area contributed by atoms with Crippen LogP contribution in [0.2, 0.25) is 0 Å². The smallest absolute Gasteiger partial charge is 0.180 e. The van der Waals surface area contributed by atoms with Crippen LogP contribution >= 0.6 is 0 Å². The maximum Gasteiger partial charge on any atom is 0.180 e. The van der Waals surface area contributed by atoms with Gasteiger partial charge in [-0.25, -0.2) is 4.98 Å². The monoisotopic (exact) mass is 264 g/mol. The van der Waals surface area contributed by atoms with Gasteiger partial charge in [-0.05, 0) is 12.1 Å². The van der Waals surface area contributed by atoms with Crippen molar-refractivity contribution in [1.82, 2.24) is 4.98 Å². The molecule has 0 saturated carbocycles. The van der Waals surface area contributed by atoms with Crippen LogP contribution in [0.25, 0.3) is 0 Å². The fraction of sp³-hybridized carbons (Fsp3) is 0.308. The lowest BCUT2D eigenvalue weighted by Crippen LogP contribution is -2.04. The van der Waals surface area contributed by atoms with E-state index in [0.717, 1.165) is 11.4 Å². The average Bonchev–Trinajstić information content (AvgIpc) is 2.96. The van der Waals surface area contributed by atoms with Crippen molar-refractivity contribution in [3.63, 3.8) is 0 Å². The van der Waals surface area contributed by atoms with E-state index in [2.05, 4.69) is 10.3 Å². The normalized spacial score (nSPS) is 10.2. The highest BCUT2D eigenvalue weighted by Gasteiger charge is 2.06. The summed E-state index contributed by atoms with van der Waals surface area (Å²) in [7, 11) is 1.57. The van der Waals surface area contributed by atoms with Crippen molar-refractivity contribution in [2.24, 2.45) is 0 Å². The van der Waals surface area contributed by atoms with Crippen LogP contribution in [0, 0.1) is 0 Å². The summed E-state index contributed by atoms with van der Waals surface area (Å²) in [5.41, 5.74) is 0.866. The van der Waals surface area contributed by atoms with E-state index >= 15 is 0 Å². The topological polar surface area (TPSA) is 76.8 Å². The first-order valence-corrected chi connectivity index (χ1v) is 5.86. The SMILES string of the molecule is COc1ccc(NCc2cnco2)cc1OCCO. The second kappa shape index (κ2) is 6.65. The van der Waals surface area contributed by atoms with Crippen LogP contribution in [0.4, 0.5) is 5.69 Å². The number of aromatic nitrogens is 1. The number of nitrogens with zero attached hydrogens (tertiary/aromatic N) is 1. The van der Waals surface area contributed by atoms with Crippen molar-refractivity contribution in [3.05, 3.63) is 36.5 Å². The zero-order valence-electron chi connectivity index (χ0n) is 10.6. The lowest BCUT2D eigenvalue weighted by Gasteiger charge is -2.12. The van der Waals surface area contributed by atoms with E-state index in [4.69, 9.17) is 19.0 Å². The van der Waals surface area contributed by atoms with E-state index < -0.39 is 0 Å². The van der Waals surface area contributed by atoms with Crippen molar-refractivity contribution < 1.29 is 19.0 Å². The fourth-order valence-electron chi connectivity index (χ4n) is 1.57. The van der Waals surface area contributed by atoms with Gasteiger partial charge in [-0.1, -0.05) is 0 Å². The Morgan fingerprint density at radius 3 is 2.95 bits per heavy atom. The van der Waals surface area contributed by atoms with Gasteiger partial charge in [-0.3, -0.25) is 0 Å². The standard InChI is InChI=1S/C13H16N2O4/c1-17-12-3-2-10(6-13(12)18-5-4-16)15-8-11-7-14-9-19-11/h2-3,6-7,9,15-16H,4-5,8H2,1H3. The summed E-state index contributed by atoms with van der Waals surface area (Å²) >= 11 is 0. The highest BCUT2D eigenvalue weighted by atomic mass is 16.5. The predicted octanol–water partition coefficient (Wildman–Crippen LogP) is 1.67. The quantitative estimate of drug-likeness (QED) is 0.792. The van der Waals surface area contributed by atoms with Crippen LogP contribution in [-0.2, 0) is 6.54 Å². The molecule has 0 amide bonds.